The topological polar surface area (TPSA) is 21.3 Å². The van der Waals surface area contributed by atoms with Gasteiger partial charge in [0.05, 0.1) is 6.61 Å². The van der Waals surface area contributed by atoms with Crippen molar-refractivity contribution in [3.05, 3.63) is 29.8 Å². The Balaban J connectivity index is 1.73. The lowest BCUT2D eigenvalue weighted by molar-refractivity contribution is 0.283. The molecule has 1 aromatic carbocycles. The van der Waals surface area contributed by atoms with Gasteiger partial charge < -0.3 is 10.1 Å². The van der Waals surface area contributed by atoms with Gasteiger partial charge in [-0.1, -0.05) is 12.1 Å². The van der Waals surface area contributed by atoms with Crippen LogP contribution in [0, 0.1) is 12.8 Å². The van der Waals surface area contributed by atoms with Crippen LogP contribution in [0.5, 0.6) is 5.75 Å². The van der Waals surface area contributed by atoms with E-state index in [4.69, 9.17) is 4.74 Å². The number of ether oxygens (including phenoxy) is 1. The molecule has 1 unspecified atom stereocenters. The molecule has 0 saturated carbocycles. The molecular formula is C13H19NO. The predicted molar refractivity (Wildman–Crippen MR) is 62.3 cm³/mol. The summed E-state index contributed by atoms with van der Waals surface area (Å²) in [6, 6.07) is 8.25. The van der Waals surface area contributed by atoms with Crippen molar-refractivity contribution < 1.29 is 4.74 Å². The Morgan fingerprint density at radius 3 is 3.13 bits per heavy atom. The fraction of sp³-hybridized carbons (Fsp3) is 0.538. The second-order valence-corrected chi connectivity index (χ2v) is 4.31. The number of rotatable bonds is 4. The van der Waals surface area contributed by atoms with Gasteiger partial charge in [0, 0.05) is 0 Å². The van der Waals surface area contributed by atoms with Crippen LogP contribution in [0.1, 0.15) is 18.4 Å². The summed E-state index contributed by atoms with van der Waals surface area (Å²) in [7, 11) is 0. The van der Waals surface area contributed by atoms with E-state index in [1.165, 1.54) is 24.9 Å². The van der Waals surface area contributed by atoms with E-state index in [2.05, 4.69) is 24.4 Å². The van der Waals surface area contributed by atoms with Gasteiger partial charge in [0.1, 0.15) is 5.75 Å². The molecule has 1 aromatic rings. The number of hydrogen-bond donors (Lipinski definition) is 1. The van der Waals surface area contributed by atoms with E-state index in [1.807, 2.05) is 12.1 Å². The summed E-state index contributed by atoms with van der Waals surface area (Å²) in [6.07, 6.45) is 2.47. The molecule has 1 fully saturated rings. The number of nitrogens with one attached hydrogen (secondary N) is 1. The van der Waals surface area contributed by atoms with Crippen molar-refractivity contribution >= 4 is 0 Å². The summed E-state index contributed by atoms with van der Waals surface area (Å²) in [4.78, 5) is 0. The zero-order valence-electron chi connectivity index (χ0n) is 9.33. The minimum absolute atomic E-state index is 0.815. The van der Waals surface area contributed by atoms with Crippen molar-refractivity contribution in [1.29, 1.82) is 0 Å². The third kappa shape index (κ3) is 3.24. The minimum atomic E-state index is 0.815. The zero-order valence-corrected chi connectivity index (χ0v) is 9.33. The van der Waals surface area contributed by atoms with E-state index < -0.39 is 0 Å². The first-order valence-corrected chi connectivity index (χ1v) is 5.75. The van der Waals surface area contributed by atoms with Crippen molar-refractivity contribution in [1.82, 2.24) is 5.32 Å². The third-order valence-electron chi connectivity index (χ3n) is 2.95. The molecule has 0 bridgehead atoms. The SMILES string of the molecule is Cc1cccc(OCCC2CCNC2)c1. The maximum Gasteiger partial charge on any atom is 0.119 e. The van der Waals surface area contributed by atoms with E-state index in [9.17, 15) is 0 Å². The lowest BCUT2D eigenvalue weighted by atomic mass is 10.1. The summed E-state index contributed by atoms with van der Waals surface area (Å²) >= 11 is 0. The molecule has 1 N–H and O–H groups in total. The van der Waals surface area contributed by atoms with Crippen molar-refractivity contribution in [2.24, 2.45) is 5.92 Å². The largest absolute Gasteiger partial charge is 0.494 e. The molecule has 2 rings (SSSR count). The van der Waals surface area contributed by atoms with Crippen molar-refractivity contribution in [2.75, 3.05) is 19.7 Å². The Morgan fingerprint density at radius 2 is 2.40 bits per heavy atom. The number of benzene rings is 1. The summed E-state index contributed by atoms with van der Waals surface area (Å²) in [6.45, 7) is 5.27. The van der Waals surface area contributed by atoms with Gasteiger partial charge in [0.2, 0.25) is 0 Å². The molecule has 0 spiro atoms. The average molecular weight is 205 g/mol. The van der Waals surface area contributed by atoms with Gasteiger partial charge in [-0.15, -0.1) is 0 Å². The quantitative estimate of drug-likeness (QED) is 0.815. The van der Waals surface area contributed by atoms with Gasteiger partial charge in [-0.05, 0) is 56.5 Å². The summed E-state index contributed by atoms with van der Waals surface area (Å²) in [5.74, 6) is 1.82. The molecule has 0 amide bonds. The summed E-state index contributed by atoms with van der Waals surface area (Å²) in [5, 5.41) is 3.37. The highest BCUT2D eigenvalue weighted by molar-refractivity contribution is 5.27. The Hall–Kier alpha value is -1.02. The highest BCUT2D eigenvalue weighted by Gasteiger charge is 2.13. The normalized spacial score (nSPS) is 20.5. The molecule has 2 heteroatoms. The summed E-state index contributed by atoms with van der Waals surface area (Å²) < 4.78 is 5.72. The predicted octanol–water partition coefficient (Wildman–Crippen LogP) is 2.37. The van der Waals surface area contributed by atoms with Crippen LogP contribution >= 0.6 is 0 Å². The van der Waals surface area contributed by atoms with Gasteiger partial charge in [-0.2, -0.15) is 0 Å². The minimum Gasteiger partial charge on any atom is -0.494 e. The first-order valence-electron chi connectivity index (χ1n) is 5.75. The molecule has 1 heterocycles. The van der Waals surface area contributed by atoms with Crippen molar-refractivity contribution in [2.45, 2.75) is 19.8 Å². The monoisotopic (exact) mass is 205 g/mol. The van der Waals surface area contributed by atoms with E-state index >= 15 is 0 Å². The lowest BCUT2D eigenvalue weighted by Gasteiger charge is -2.10. The maximum absolute atomic E-state index is 5.72. The van der Waals surface area contributed by atoms with Gasteiger partial charge >= 0.3 is 0 Å². The second-order valence-electron chi connectivity index (χ2n) is 4.31. The molecule has 1 saturated heterocycles. The first-order chi connectivity index (χ1) is 7.34. The van der Waals surface area contributed by atoms with Crippen LogP contribution < -0.4 is 10.1 Å². The molecule has 82 valence electrons. The molecule has 2 nitrogen and oxygen atoms in total. The first kappa shape index (κ1) is 10.5. The van der Waals surface area contributed by atoms with Crippen LogP contribution in [0.2, 0.25) is 0 Å². The Labute approximate surface area is 91.6 Å². The standard InChI is InChI=1S/C13H19NO/c1-11-3-2-4-13(9-11)15-8-6-12-5-7-14-10-12/h2-4,9,12,14H,5-8,10H2,1H3. The zero-order chi connectivity index (χ0) is 10.5. The highest BCUT2D eigenvalue weighted by Crippen LogP contribution is 2.15. The molecule has 0 radical (unpaired) electrons. The number of hydrogen-bond acceptors (Lipinski definition) is 2. The average Bonchev–Trinajstić information content (AvgIpc) is 2.71. The molecule has 0 aliphatic carbocycles. The Kier molecular flexibility index (Phi) is 3.62. The van der Waals surface area contributed by atoms with Gasteiger partial charge in [0.15, 0.2) is 0 Å². The molecular weight excluding hydrogens is 186 g/mol. The summed E-state index contributed by atoms with van der Waals surface area (Å²) in [5.41, 5.74) is 1.26. The van der Waals surface area contributed by atoms with Gasteiger partial charge in [-0.25, -0.2) is 0 Å². The van der Waals surface area contributed by atoms with E-state index in [-0.39, 0.29) is 0 Å². The fourth-order valence-electron chi connectivity index (χ4n) is 2.01. The molecule has 0 aromatic heterocycles. The molecule has 15 heavy (non-hydrogen) atoms. The Bertz CT molecular complexity index is 305. The van der Waals surface area contributed by atoms with Gasteiger partial charge in [0.25, 0.3) is 0 Å². The molecule has 1 aliphatic heterocycles. The van der Waals surface area contributed by atoms with E-state index in [0.717, 1.165) is 24.8 Å². The molecule has 1 aliphatic rings. The lowest BCUT2D eigenvalue weighted by Crippen LogP contribution is -2.11. The molecule has 1 atom stereocenters. The van der Waals surface area contributed by atoms with Crippen molar-refractivity contribution in [3.63, 3.8) is 0 Å². The van der Waals surface area contributed by atoms with E-state index in [1.54, 1.807) is 0 Å². The fourth-order valence-corrected chi connectivity index (χ4v) is 2.01. The van der Waals surface area contributed by atoms with E-state index in [0.29, 0.717) is 0 Å². The Morgan fingerprint density at radius 1 is 1.47 bits per heavy atom. The van der Waals surface area contributed by atoms with Crippen LogP contribution in [-0.2, 0) is 0 Å². The van der Waals surface area contributed by atoms with Crippen LogP contribution in [0.4, 0.5) is 0 Å². The van der Waals surface area contributed by atoms with Crippen LogP contribution in [0.25, 0.3) is 0 Å². The third-order valence-corrected chi connectivity index (χ3v) is 2.95. The van der Waals surface area contributed by atoms with Gasteiger partial charge in [-0.3, -0.25) is 0 Å². The maximum atomic E-state index is 5.72. The highest BCUT2D eigenvalue weighted by atomic mass is 16.5. The number of aryl methyl sites for hydroxylation is 1. The van der Waals surface area contributed by atoms with Crippen LogP contribution in [-0.4, -0.2) is 19.7 Å². The van der Waals surface area contributed by atoms with Crippen LogP contribution in [0.3, 0.4) is 0 Å². The van der Waals surface area contributed by atoms with Crippen molar-refractivity contribution in [3.8, 4) is 5.75 Å². The van der Waals surface area contributed by atoms with Crippen LogP contribution in [0.15, 0.2) is 24.3 Å². The smallest absolute Gasteiger partial charge is 0.119 e. The second kappa shape index (κ2) is 5.17.